The van der Waals surface area contributed by atoms with Gasteiger partial charge in [-0.2, -0.15) is 5.26 Å². The quantitative estimate of drug-likeness (QED) is 0.780. The Morgan fingerprint density at radius 2 is 2.30 bits per heavy atom. The molecule has 0 aromatic heterocycles. The van der Waals surface area contributed by atoms with Crippen molar-refractivity contribution in [2.45, 2.75) is 25.1 Å². The third-order valence-electron chi connectivity index (χ3n) is 2.94. The Kier molecular flexibility index (Phi) is 7.03. The van der Waals surface area contributed by atoms with E-state index in [1.165, 1.54) is 17.8 Å². The average molecular weight is 359 g/mol. The zero-order valence-electron chi connectivity index (χ0n) is 11.4. The van der Waals surface area contributed by atoms with Crippen molar-refractivity contribution in [3.05, 3.63) is 34.1 Å². The van der Waals surface area contributed by atoms with Crippen molar-refractivity contribution in [2.75, 3.05) is 12.8 Å². The van der Waals surface area contributed by atoms with Crippen molar-refractivity contribution in [1.29, 1.82) is 5.26 Å². The van der Waals surface area contributed by atoms with Gasteiger partial charge in [0.1, 0.15) is 5.82 Å². The molecule has 1 aromatic carbocycles. The van der Waals surface area contributed by atoms with E-state index in [0.29, 0.717) is 22.2 Å². The van der Waals surface area contributed by atoms with E-state index in [2.05, 4.69) is 15.9 Å². The van der Waals surface area contributed by atoms with Crippen LogP contribution in [0.3, 0.4) is 0 Å². The van der Waals surface area contributed by atoms with Crippen LogP contribution in [0.5, 0.6) is 0 Å². The molecule has 0 aliphatic heterocycles. The summed E-state index contributed by atoms with van der Waals surface area (Å²) in [5.41, 5.74) is 0.582. The Morgan fingerprint density at radius 1 is 1.60 bits per heavy atom. The van der Waals surface area contributed by atoms with E-state index in [4.69, 9.17) is 5.26 Å². The van der Waals surface area contributed by atoms with Crippen LogP contribution in [0.2, 0.25) is 0 Å². The number of rotatable bonds is 6. The van der Waals surface area contributed by atoms with Gasteiger partial charge in [0.25, 0.3) is 0 Å². The van der Waals surface area contributed by atoms with Crippen LogP contribution in [0.1, 0.15) is 18.9 Å². The highest BCUT2D eigenvalue weighted by Crippen LogP contribution is 2.20. The number of carbonyl (C=O) groups excluding carboxylic acids is 1. The first-order valence-electron chi connectivity index (χ1n) is 6.10. The van der Waals surface area contributed by atoms with Gasteiger partial charge in [0, 0.05) is 23.3 Å². The molecule has 1 aromatic rings. The smallest absolute Gasteiger partial charge is 0.232 e. The number of amides is 1. The fourth-order valence-electron chi connectivity index (χ4n) is 1.50. The number of halogens is 2. The SMILES string of the molecule is CC(CC#N)N(C)C(=O)CSCc1ccc(Br)cc1F. The Bertz CT molecular complexity index is 518. The predicted molar refractivity (Wildman–Crippen MR) is 82.7 cm³/mol. The maximum atomic E-state index is 13.6. The van der Waals surface area contributed by atoms with Crippen molar-refractivity contribution in [1.82, 2.24) is 4.90 Å². The lowest BCUT2D eigenvalue weighted by Crippen LogP contribution is -2.36. The molecular weight excluding hydrogens is 343 g/mol. The first-order valence-corrected chi connectivity index (χ1v) is 8.04. The molecule has 0 saturated carbocycles. The predicted octanol–water partition coefficient (Wildman–Crippen LogP) is 3.58. The van der Waals surface area contributed by atoms with Crippen LogP contribution in [0, 0.1) is 17.1 Å². The number of thioether (sulfide) groups is 1. The summed E-state index contributed by atoms with van der Waals surface area (Å²) in [6, 6.07) is 6.85. The van der Waals surface area contributed by atoms with Crippen LogP contribution >= 0.6 is 27.7 Å². The molecule has 0 heterocycles. The molecule has 108 valence electrons. The van der Waals surface area contributed by atoms with Gasteiger partial charge in [0.05, 0.1) is 18.2 Å². The monoisotopic (exact) mass is 358 g/mol. The van der Waals surface area contributed by atoms with Gasteiger partial charge in [-0.1, -0.05) is 22.0 Å². The molecule has 3 nitrogen and oxygen atoms in total. The van der Waals surface area contributed by atoms with Gasteiger partial charge in [-0.05, 0) is 24.6 Å². The molecule has 0 aliphatic carbocycles. The molecule has 1 rings (SSSR count). The van der Waals surface area contributed by atoms with E-state index in [1.807, 2.05) is 13.0 Å². The number of nitrogens with zero attached hydrogens (tertiary/aromatic N) is 2. The van der Waals surface area contributed by atoms with Crippen molar-refractivity contribution < 1.29 is 9.18 Å². The van der Waals surface area contributed by atoms with Crippen LogP contribution in [-0.4, -0.2) is 29.6 Å². The molecule has 1 unspecified atom stereocenters. The van der Waals surface area contributed by atoms with E-state index in [0.717, 1.165) is 0 Å². The molecule has 0 radical (unpaired) electrons. The highest BCUT2D eigenvalue weighted by Gasteiger charge is 2.15. The van der Waals surface area contributed by atoms with Gasteiger partial charge in [-0.15, -0.1) is 11.8 Å². The largest absolute Gasteiger partial charge is 0.341 e. The topological polar surface area (TPSA) is 44.1 Å². The van der Waals surface area contributed by atoms with E-state index in [9.17, 15) is 9.18 Å². The maximum absolute atomic E-state index is 13.6. The summed E-state index contributed by atoms with van der Waals surface area (Å²) in [6.07, 6.45) is 0.314. The Balaban J connectivity index is 2.44. The molecule has 0 saturated heterocycles. The zero-order chi connectivity index (χ0) is 15.1. The first-order chi connectivity index (χ1) is 9.45. The number of hydrogen-bond donors (Lipinski definition) is 0. The highest BCUT2D eigenvalue weighted by atomic mass is 79.9. The number of carbonyl (C=O) groups is 1. The van der Waals surface area contributed by atoms with Gasteiger partial charge >= 0.3 is 0 Å². The standard InChI is InChI=1S/C14H16BrFN2OS/c1-10(5-6-17)18(2)14(19)9-20-8-11-3-4-12(15)7-13(11)16/h3-4,7,10H,5,8-9H2,1-2H3. The molecule has 6 heteroatoms. The van der Waals surface area contributed by atoms with Crippen molar-refractivity contribution >= 4 is 33.6 Å². The van der Waals surface area contributed by atoms with Crippen molar-refractivity contribution in [3.63, 3.8) is 0 Å². The second kappa shape index (κ2) is 8.28. The van der Waals surface area contributed by atoms with E-state index in [-0.39, 0.29) is 23.5 Å². The molecule has 1 amide bonds. The molecule has 1 atom stereocenters. The molecule has 0 bridgehead atoms. The summed E-state index contributed by atoms with van der Waals surface area (Å²) in [6.45, 7) is 1.83. The normalized spacial score (nSPS) is 11.8. The van der Waals surface area contributed by atoms with Gasteiger partial charge in [-0.25, -0.2) is 4.39 Å². The van der Waals surface area contributed by atoms with Gasteiger partial charge in [0.2, 0.25) is 5.91 Å². The lowest BCUT2D eigenvalue weighted by Gasteiger charge is -2.22. The van der Waals surface area contributed by atoms with Gasteiger partial charge in [-0.3, -0.25) is 4.79 Å². The van der Waals surface area contributed by atoms with Crippen LogP contribution < -0.4 is 0 Å². The first kappa shape index (κ1) is 17.0. The minimum Gasteiger partial charge on any atom is -0.341 e. The van der Waals surface area contributed by atoms with Crippen molar-refractivity contribution in [2.24, 2.45) is 0 Å². The summed E-state index contributed by atoms with van der Waals surface area (Å²) >= 11 is 4.57. The van der Waals surface area contributed by atoms with E-state index in [1.54, 1.807) is 24.1 Å². The summed E-state index contributed by atoms with van der Waals surface area (Å²) in [5, 5.41) is 8.61. The summed E-state index contributed by atoms with van der Waals surface area (Å²) in [7, 11) is 1.69. The van der Waals surface area contributed by atoms with Crippen LogP contribution in [-0.2, 0) is 10.5 Å². The fourth-order valence-corrected chi connectivity index (χ4v) is 2.77. The third kappa shape index (κ3) is 5.14. The van der Waals surface area contributed by atoms with Crippen LogP contribution in [0.15, 0.2) is 22.7 Å². The Hall–Kier alpha value is -1.06. The number of hydrogen-bond acceptors (Lipinski definition) is 3. The minimum absolute atomic E-state index is 0.0460. The molecular formula is C14H16BrFN2OS. The molecule has 0 fully saturated rings. The third-order valence-corrected chi connectivity index (χ3v) is 4.40. The molecule has 0 aliphatic rings. The fraction of sp³-hybridized carbons (Fsp3) is 0.429. The maximum Gasteiger partial charge on any atom is 0.232 e. The molecule has 20 heavy (non-hydrogen) atoms. The van der Waals surface area contributed by atoms with E-state index < -0.39 is 0 Å². The zero-order valence-corrected chi connectivity index (χ0v) is 13.8. The minimum atomic E-state index is -0.273. The van der Waals surface area contributed by atoms with Crippen molar-refractivity contribution in [3.8, 4) is 6.07 Å². The Labute approximate surface area is 131 Å². The molecule has 0 spiro atoms. The van der Waals surface area contributed by atoms with Crippen LogP contribution in [0.4, 0.5) is 4.39 Å². The van der Waals surface area contributed by atoms with E-state index >= 15 is 0 Å². The van der Waals surface area contributed by atoms with Crippen LogP contribution in [0.25, 0.3) is 0 Å². The number of nitriles is 1. The summed E-state index contributed by atoms with van der Waals surface area (Å²) < 4.78 is 14.3. The number of benzene rings is 1. The van der Waals surface area contributed by atoms with Gasteiger partial charge < -0.3 is 4.90 Å². The lowest BCUT2D eigenvalue weighted by atomic mass is 10.2. The second-order valence-corrected chi connectivity index (χ2v) is 6.35. The summed E-state index contributed by atoms with van der Waals surface area (Å²) in [4.78, 5) is 13.4. The Morgan fingerprint density at radius 3 is 2.90 bits per heavy atom. The second-order valence-electron chi connectivity index (χ2n) is 4.44. The highest BCUT2D eigenvalue weighted by molar-refractivity contribution is 9.10. The molecule has 0 N–H and O–H groups in total. The summed E-state index contributed by atoms with van der Waals surface area (Å²) in [5.74, 6) is 0.411. The lowest BCUT2D eigenvalue weighted by molar-refractivity contribution is -0.128. The average Bonchev–Trinajstić information content (AvgIpc) is 2.40. The van der Waals surface area contributed by atoms with Gasteiger partial charge in [0.15, 0.2) is 0 Å².